The molecular weight excluding hydrogens is 262 g/mol. The molecule has 0 aliphatic heterocycles. The van der Waals surface area contributed by atoms with Crippen molar-refractivity contribution in [1.29, 1.82) is 0 Å². The van der Waals surface area contributed by atoms with Gasteiger partial charge < -0.3 is 5.32 Å². The summed E-state index contributed by atoms with van der Waals surface area (Å²) in [5, 5.41) is 3.38. The van der Waals surface area contributed by atoms with Crippen LogP contribution < -0.4 is 5.32 Å². The molecule has 2 heteroatoms. The summed E-state index contributed by atoms with van der Waals surface area (Å²) < 4.78 is 1.23. The molecular formula is C14H20BrN. The van der Waals surface area contributed by atoms with Crippen LogP contribution in [-0.4, -0.2) is 7.05 Å². The summed E-state index contributed by atoms with van der Waals surface area (Å²) >= 11 is 3.67. The van der Waals surface area contributed by atoms with Gasteiger partial charge in [-0.3, -0.25) is 0 Å². The summed E-state index contributed by atoms with van der Waals surface area (Å²) in [7, 11) is 2.02. The van der Waals surface area contributed by atoms with E-state index in [4.69, 9.17) is 0 Å². The number of hydrogen-bond acceptors (Lipinski definition) is 1. The molecule has 1 rings (SSSR count). The Morgan fingerprint density at radius 2 is 2.25 bits per heavy atom. The molecule has 1 atom stereocenters. The molecule has 0 fully saturated rings. The van der Waals surface area contributed by atoms with E-state index in [1.54, 1.807) is 0 Å². The molecule has 0 spiro atoms. The molecule has 1 aromatic rings. The minimum absolute atomic E-state index is 0.425. The van der Waals surface area contributed by atoms with Gasteiger partial charge in [0.25, 0.3) is 0 Å². The van der Waals surface area contributed by atoms with Gasteiger partial charge in [0.1, 0.15) is 0 Å². The van der Waals surface area contributed by atoms with E-state index in [0.29, 0.717) is 6.04 Å². The molecule has 0 bridgehead atoms. The zero-order valence-electron chi connectivity index (χ0n) is 10.1. The lowest BCUT2D eigenvalue weighted by molar-refractivity contribution is 0.528. The molecule has 88 valence electrons. The van der Waals surface area contributed by atoms with Crippen molar-refractivity contribution in [2.45, 2.75) is 32.2 Å². The van der Waals surface area contributed by atoms with E-state index in [-0.39, 0.29) is 0 Å². The Balaban J connectivity index is 2.78. The van der Waals surface area contributed by atoms with Crippen LogP contribution in [0.15, 0.2) is 35.3 Å². The maximum absolute atomic E-state index is 3.76. The molecule has 0 amide bonds. The first-order valence-electron chi connectivity index (χ1n) is 5.74. The fraction of sp³-hybridized carbons (Fsp3) is 0.429. The second-order valence-electron chi connectivity index (χ2n) is 4.04. The number of aryl methyl sites for hydroxylation is 1. The number of nitrogens with one attached hydrogen (secondary N) is 1. The SMILES string of the molecule is C=CCCCC(NC)c1cccc(C)c1Br. The van der Waals surface area contributed by atoms with Crippen LogP contribution in [0.25, 0.3) is 0 Å². The van der Waals surface area contributed by atoms with Crippen molar-refractivity contribution in [2.75, 3.05) is 7.05 Å². The third-order valence-electron chi connectivity index (χ3n) is 2.85. The maximum atomic E-state index is 3.76. The molecule has 1 unspecified atom stereocenters. The zero-order chi connectivity index (χ0) is 12.0. The molecule has 0 heterocycles. The van der Waals surface area contributed by atoms with Gasteiger partial charge >= 0.3 is 0 Å². The van der Waals surface area contributed by atoms with Gasteiger partial charge in [-0.05, 0) is 44.4 Å². The second kappa shape index (κ2) is 6.87. The Hall–Kier alpha value is -0.600. The summed E-state index contributed by atoms with van der Waals surface area (Å²) in [4.78, 5) is 0. The number of hydrogen-bond donors (Lipinski definition) is 1. The van der Waals surface area contributed by atoms with Gasteiger partial charge in [0.05, 0.1) is 0 Å². The van der Waals surface area contributed by atoms with E-state index >= 15 is 0 Å². The molecule has 0 aliphatic rings. The lowest BCUT2D eigenvalue weighted by Gasteiger charge is -2.18. The highest BCUT2D eigenvalue weighted by atomic mass is 79.9. The van der Waals surface area contributed by atoms with Crippen LogP contribution >= 0.6 is 15.9 Å². The van der Waals surface area contributed by atoms with Gasteiger partial charge in [-0.15, -0.1) is 6.58 Å². The highest BCUT2D eigenvalue weighted by Gasteiger charge is 2.12. The monoisotopic (exact) mass is 281 g/mol. The van der Waals surface area contributed by atoms with Crippen molar-refractivity contribution in [3.8, 4) is 0 Å². The highest BCUT2D eigenvalue weighted by Crippen LogP contribution is 2.29. The molecule has 0 aromatic heterocycles. The lowest BCUT2D eigenvalue weighted by atomic mass is 9.99. The van der Waals surface area contributed by atoms with Crippen LogP contribution in [0.4, 0.5) is 0 Å². The highest BCUT2D eigenvalue weighted by molar-refractivity contribution is 9.10. The van der Waals surface area contributed by atoms with Crippen LogP contribution in [0, 0.1) is 6.92 Å². The van der Waals surface area contributed by atoms with Crippen LogP contribution in [0.2, 0.25) is 0 Å². The third-order valence-corrected chi connectivity index (χ3v) is 3.93. The van der Waals surface area contributed by atoms with E-state index in [2.05, 4.69) is 52.9 Å². The van der Waals surface area contributed by atoms with Crippen LogP contribution in [0.5, 0.6) is 0 Å². The molecule has 0 saturated carbocycles. The Bertz CT molecular complexity index is 347. The van der Waals surface area contributed by atoms with Gasteiger partial charge in [-0.1, -0.05) is 40.2 Å². The molecule has 1 aromatic carbocycles. The summed E-state index contributed by atoms with van der Waals surface area (Å²) in [6.07, 6.45) is 5.39. The van der Waals surface area contributed by atoms with Crippen LogP contribution in [0.3, 0.4) is 0 Å². The number of unbranched alkanes of at least 4 members (excludes halogenated alkanes) is 1. The summed E-state index contributed by atoms with van der Waals surface area (Å²) in [5.41, 5.74) is 2.65. The predicted molar refractivity (Wildman–Crippen MR) is 74.7 cm³/mol. The number of rotatable bonds is 6. The molecule has 16 heavy (non-hydrogen) atoms. The van der Waals surface area contributed by atoms with Gasteiger partial charge in [-0.25, -0.2) is 0 Å². The van der Waals surface area contributed by atoms with Gasteiger partial charge in [0.2, 0.25) is 0 Å². The lowest BCUT2D eigenvalue weighted by Crippen LogP contribution is -2.17. The van der Waals surface area contributed by atoms with E-state index in [1.165, 1.54) is 22.0 Å². The van der Waals surface area contributed by atoms with Crippen LogP contribution in [0.1, 0.15) is 36.4 Å². The Morgan fingerprint density at radius 3 is 2.88 bits per heavy atom. The normalized spacial score (nSPS) is 12.4. The first-order chi connectivity index (χ1) is 7.70. The standard InChI is InChI=1S/C14H20BrN/c1-4-5-6-10-13(16-3)12-9-7-8-11(2)14(12)15/h4,7-9,13,16H,1,5-6,10H2,2-3H3. The van der Waals surface area contributed by atoms with Gasteiger partial charge in [0.15, 0.2) is 0 Å². The summed E-state index contributed by atoms with van der Waals surface area (Å²) in [5.74, 6) is 0. The molecule has 1 N–H and O–H groups in total. The minimum atomic E-state index is 0.425. The topological polar surface area (TPSA) is 12.0 Å². The zero-order valence-corrected chi connectivity index (χ0v) is 11.7. The fourth-order valence-corrected chi connectivity index (χ4v) is 2.40. The first-order valence-corrected chi connectivity index (χ1v) is 6.53. The fourth-order valence-electron chi connectivity index (χ4n) is 1.86. The first kappa shape index (κ1) is 13.5. The summed E-state index contributed by atoms with van der Waals surface area (Å²) in [6.45, 7) is 5.89. The number of halogens is 1. The molecule has 0 aliphatic carbocycles. The van der Waals surface area contributed by atoms with Crippen molar-refractivity contribution in [3.63, 3.8) is 0 Å². The van der Waals surface area contributed by atoms with E-state index in [9.17, 15) is 0 Å². The van der Waals surface area contributed by atoms with Gasteiger partial charge in [-0.2, -0.15) is 0 Å². The van der Waals surface area contributed by atoms with Crippen molar-refractivity contribution in [1.82, 2.24) is 5.32 Å². The molecule has 0 radical (unpaired) electrons. The van der Waals surface area contributed by atoms with Crippen molar-refractivity contribution in [2.24, 2.45) is 0 Å². The summed E-state index contributed by atoms with van der Waals surface area (Å²) in [6, 6.07) is 6.86. The number of benzene rings is 1. The second-order valence-corrected chi connectivity index (χ2v) is 4.83. The average molecular weight is 282 g/mol. The predicted octanol–water partition coefficient (Wildman–Crippen LogP) is 4.37. The van der Waals surface area contributed by atoms with Crippen LogP contribution in [-0.2, 0) is 0 Å². The van der Waals surface area contributed by atoms with E-state index < -0.39 is 0 Å². The van der Waals surface area contributed by atoms with E-state index in [0.717, 1.165) is 12.8 Å². The van der Waals surface area contributed by atoms with Crippen molar-refractivity contribution < 1.29 is 0 Å². The molecule has 0 saturated heterocycles. The maximum Gasteiger partial charge on any atom is 0.0328 e. The minimum Gasteiger partial charge on any atom is -0.313 e. The van der Waals surface area contributed by atoms with Gasteiger partial charge in [0, 0.05) is 10.5 Å². The molecule has 1 nitrogen and oxygen atoms in total. The van der Waals surface area contributed by atoms with Crippen molar-refractivity contribution in [3.05, 3.63) is 46.5 Å². The Kier molecular flexibility index (Phi) is 5.78. The average Bonchev–Trinajstić information content (AvgIpc) is 2.29. The quantitative estimate of drug-likeness (QED) is 0.603. The van der Waals surface area contributed by atoms with E-state index in [1.807, 2.05) is 13.1 Å². The Labute approximate surface area is 107 Å². The largest absolute Gasteiger partial charge is 0.313 e. The Morgan fingerprint density at radius 1 is 1.50 bits per heavy atom. The number of allylic oxidation sites excluding steroid dienone is 1. The van der Waals surface area contributed by atoms with Crippen molar-refractivity contribution >= 4 is 15.9 Å². The smallest absolute Gasteiger partial charge is 0.0328 e. The third kappa shape index (κ3) is 3.46.